The molecule has 3 heterocycles. The Balaban J connectivity index is 1.60. The number of nitrogens with one attached hydrogen (secondary N) is 2. The Kier molecular flexibility index (Phi) is 3.90. The lowest BCUT2D eigenvalue weighted by Gasteiger charge is -2.09. The van der Waals surface area contributed by atoms with Crippen LogP contribution in [0.4, 0.5) is 5.82 Å². The molecule has 0 radical (unpaired) electrons. The third-order valence-electron chi connectivity index (χ3n) is 3.85. The number of nitrogens with zero attached hydrogens (tertiary/aromatic N) is 3. The van der Waals surface area contributed by atoms with Crippen molar-refractivity contribution in [2.45, 2.75) is 6.42 Å². The summed E-state index contributed by atoms with van der Waals surface area (Å²) in [6.45, 7) is 0.766. The average Bonchev–Trinajstić information content (AvgIpc) is 3.12. The number of hydrogen-bond acceptors (Lipinski definition) is 4. The second-order valence-corrected chi connectivity index (χ2v) is 5.50. The minimum absolute atomic E-state index is 0.714. The first-order valence-electron chi connectivity index (χ1n) is 7.94. The van der Waals surface area contributed by atoms with Crippen LogP contribution in [-0.2, 0) is 6.42 Å². The van der Waals surface area contributed by atoms with E-state index in [2.05, 4.69) is 20.3 Å². The molecule has 3 aromatic heterocycles. The van der Waals surface area contributed by atoms with E-state index in [-0.39, 0.29) is 0 Å². The van der Waals surface area contributed by atoms with Crippen molar-refractivity contribution in [3.63, 3.8) is 0 Å². The summed E-state index contributed by atoms with van der Waals surface area (Å²) in [4.78, 5) is 16.8. The van der Waals surface area contributed by atoms with Gasteiger partial charge >= 0.3 is 0 Å². The van der Waals surface area contributed by atoms with Crippen LogP contribution in [0.1, 0.15) is 5.69 Å². The first-order valence-corrected chi connectivity index (χ1v) is 7.94. The number of pyridine rings is 1. The molecule has 0 aliphatic carbocycles. The van der Waals surface area contributed by atoms with Crippen LogP contribution in [0.5, 0.6) is 0 Å². The summed E-state index contributed by atoms with van der Waals surface area (Å²) >= 11 is 0. The quantitative estimate of drug-likeness (QED) is 0.589. The minimum Gasteiger partial charge on any atom is -0.369 e. The number of H-pyrrole nitrogens is 1. The number of rotatable bonds is 5. The molecule has 4 aromatic rings. The monoisotopic (exact) mass is 315 g/mol. The summed E-state index contributed by atoms with van der Waals surface area (Å²) in [6.07, 6.45) is 4.55. The van der Waals surface area contributed by atoms with E-state index >= 15 is 0 Å². The zero-order valence-corrected chi connectivity index (χ0v) is 13.1. The van der Waals surface area contributed by atoms with Crippen molar-refractivity contribution in [3.05, 3.63) is 72.7 Å². The van der Waals surface area contributed by atoms with Crippen LogP contribution in [0, 0.1) is 0 Å². The third kappa shape index (κ3) is 2.96. The van der Waals surface area contributed by atoms with Crippen molar-refractivity contribution in [1.82, 2.24) is 19.9 Å². The third-order valence-corrected chi connectivity index (χ3v) is 3.85. The summed E-state index contributed by atoms with van der Waals surface area (Å²) in [5.41, 5.74) is 2.90. The van der Waals surface area contributed by atoms with E-state index in [0.29, 0.717) is 5.82 Å². The molecular weight excluding hydrogens is 298 g/mol. The normalized spacial score (nSPS) is 10.8. The van der Waals surface area contributed by atoms with Crippen molar-refractivity contribution in [2.75, 3.05) is 11.9 Å². The second-order valence-electron chi connectivity index (χ2n) is 5.50. The number of hydrogen-bond donors (Lipinski definition) is 2. The molecule has 0 spiro atoms. The molecule has 0 saturated heterocycles. The average molecular weight is 315 g/mol. The molecule has 5 nitrogen and oxygen atoms in total. The van der Waals surface area contributed by atoms with E-state index < -0.39 is 0 Å². The van der Waals surface area contributed by atoms with Gasteiger partial charge in [0.1, 0.15) is 11.5 Å². The number of aromatic nitrogens is 4. The summed E-state index contributed by atoms with van der Waals surface area (Å²) in [6, 6.07) is 18.0. The van der Waals surface area contributed by atoms with Crippen LogP contribution in [0.2, 0.25) is 0 Å². The van der Waals surface area contributed by atoms with E-state index in [1.165, 1.54) is 0 Å². The first kappa shape index (κ1) is 14.4. The predicted molar refractivity (Wildman–Crippen MR) is 95.8 cm³/mol. The van der Waals surface area contributed by atoms with Gasteiger partial charge in [0, 0.05) is 36.6 Å². The fraction of sp³-hybridized carbons (Fsp3) is 0.105. The van der Waals surface area contributed by atoms with Gasteiger partial charge in [0.2, 0.25) is 0 Å². The molecule has 0 aliphatic rings. The van der Waals surface area contributed by atoms with Crippen LogP contribution in [-0.4, -0.2) is 26.5 Å². The van der Waals surface area contributed by atoms with Gasteiger partial charge in [0.15, 0.2) is 5.82 Å². The van der Waals surface area contributed by atoms with Crippen LogP contribution >= 0.6 is 0 Å². The Morgan fingerprint density at radius 3 is 2.62 bits per heavy atom. The van der Waals surface area contributed by atoms with Crippen LogP contribution < -0.4 is 5.32 Å². The highest BCUT2D eigenvalue weighted by Crippen LogP contribution is 2.24. The van der Waals surface area contributed by atoms with E-state index in [4.69, 9.17) is 4.98 Å². The molecular formula is C19H17N5. The lowest BCUT2D eigenvalue weighted by atomic mass is 10.2. The Hall–Kier alpha value is -3.21. The smallest absolute Gasteiger partial charge is 0.163 e. The van der Waals surface area contributed by atoms with Gasteiger partial charge in [-0.3, -0.25) is 4.98 Å². The molecule has 0 amide bonds. The maximum absolute atomic E-state index is 4.71. The van der Waals surface area contributed by atoms with Gasteiger partial charge in [-0.2, -0.15) is 0 Å². The van der Waals surface area contributed by atoms with Gasteiger partial charge in [-0.15, -0.1) is 0 Å². The maximum atomic E-state index is 4.71. The number of fused-ring (bicyclic) bond motifs is 1. The van der Waals surface area contributed by atoms with E-state index in [1.54, 1.807) is 0 Å². The molecule has 5 heteroatoms. The molecule has 0 bridgehead atoms. The molecule has 0 unspecified atom stereocenters. The molecule has 24 heavy (non-hydrogen) atoms. The van der Waals surface area contributed by atoms with E-state index in [1.807, 2.05) is 67.0 Å². The first-order chi connectivity index (χ1) is 11.9. The van der Waals surface area contributed by atoms with Crippen molar-refractivity contribution in [2.24, 2.45) is 0 Å². The number of aromatic amines is 1. The van der Waals surface area contributed by atoms with Gasteiger partial charge in [-0.25, -0.2) is 9.97 Å². The Morgan fingerprint density at radius 2 is 1.79 bits per heavy atom. The SMILES string of the molecule is c1ccc(-c2nc(NCCc3ccccn3)c3cc[nH]c3n2)cc1. The fourth-order valence-corrected chi connectivity index (χ4v) is 2.65. The van der Waals surface area contributed by atoms with Gasteiger partial charge in [-0.05, 0) is 18.2 Å². The van der Waals surface area contributed by atoms with Gasteiger partial charge < -0.3 is 10.3 Å². The Morgan fingerprint density at radius 1 is 0.917 bits per heavy atom. The van der Waals surface area contributed by atoms with Crippen LogP contribution in [0.15, 0.2) is 67.0 Å². The lowest BCUT2D eigenvalue weighted by Crippen LogP contribution is -2.08. The molecule has 2 N–H and O–H groups in total. The summed E-state index contributed by atoms with van der Waals surface area (Å²) < 4.78 is 0. The van der Waals surface area contributed by atoms with Gasteiger partial charge in [0.25, 0.3) is 0 Å². The zero-order valence-electron chi connectivity index (χ0n) is 13.1. The molecule has 0 atom stereocenters. The molecule has 118 valence electrons. The predicted octanol–water partition coefficient (Wildman–Crippen LogP) is 3.67. The van der Waals surface area contributed by atoms with Crippen LogP contribution in [0.3, 0.4) is 0 Å². The Labute approximate surface area is 139 Å². The topological polar surface area (TPSA) is 66.5 Å². The van der Waals surface area contributed by atoms with Crippen LogP contribution in [0.25, 0.3) is 22.4 Å². The highest BCUT2D eigenvalue weighted by atomic mass is 15.1. The highest BCUT2D eigenvalue weighted by Gasteiger charge is 2.09. The summed E-state index contributed by atoms with van der Waals surface area (Å²) in [5, 5.41) is 4.42. The van der Waals surface area contributed by atoms with Gasteiger partial charge in [0.05, 0.1) is 5.39 Å². The zero-order chi connectivity index (χ0) is 16.2. The van der Waals surface area contributed by atoms with E-state index in [9.17, 15) is 0 Å². The minimum atomic E-state index is 0.714. The highest BCUT2D eigenvalue weighted by molar-refractivity contribution is 5.88. The molecule has 0 fully saturated rings. The lowest BCUT2D eigenvalue weighted by molar-refractivity contribution is 0.955. The Bertz CT molecular complexity index is 932. The largest absolute Gasteiger partial charge is 0.369 e. The van der Waals surface area contributed by atoms with Crippen molar-refractivity contribution in [1.29, 1.82) is 0 Å². The molecule has 0 saturated carbocycles. The van der Waals surface area contributed by atoms with Crippen molar-refractivity contribution in [3.8, 4) is 11.4 Å². The van der Waals surface area contributed by atoms with Gasteiger partial charge in [-0.1, -0.05) is 36.4 Å². The van der Waals surface area contributed by atoms with E-state index in [0.717, 1.165) is 41.1 Å². The second kappa shape index (κ2) is 6.50. The maximum Gasteiger partial charge on any atom is 0.163 e. The summed E-state index contributed by atoms with van der Waals surface area (Å²) in [7, 11) is 0. The number of anilines is 1. The molecule has 1 aromatic carbocycles. The molecule has 4 rings (SSSR count). The van der Waals surface area contributed by atoms with Crippen molar-refractivity contribution < 1.29 is 0 Å². The summed E-state index contributed by atoms with van der Waals surface area (Å²) in [5.74, 6) is 1.56. The standard InChI is InChI=1S/C19H17N5/c1-2-6-14(7-3-1)17-23-18(16-10-13-22-19(16)24-17)21-12-9-15-8-4-5-11-20-15/h1-8,10-11,13H,9,12H2,(H2,21,22,23,24). The fourth-order valence-electron chi connectivity index (χ4n) is 2.65. The number of benzene rings is 1. The van der Waals surface area contributed by atoms with Crippen molar-refractivity contribution >= 4 is 16.9 Å². The molecule has 0 aliphatic heterocycles.